The van der Waals surface area contributed by atoms with E-state index in [0.29, 0.717) is 0 Å². The van der Waals surface area contributed by atoms with Crippen LogP contribution in [0, 0.1) is 17.1 Å². The maximum absolute atomic E-state index is 13.2. The van der Waals surface area contributed by atoms with Gasteiger partial charge < -0.3 is 5.73 Å². The van der Waals surface area contributed by atoms with Crippen molar-refractivity contribution in [2.24, 2.45) is 5.73 Å². The van der Waals surface area contributed by atoms with E-state index >= 15 is 0 Å². The summed E-state index contributed by atoms with van der Waals surface area (Å²) in [4.78, 5) is 10.9. The number of nitriles is 1. The number of halogens is 1. The Morgan fingerprint density at radius 2 is 2.29 bits per heavy atom. The molecule has 0 aliphatic heterocycles. The molecule has 0 spiro atoms. The summed E-state index contributed by atoms with van der Waals surface area (Å²) in [5.41, 5.74) is 5.82. The first-order chi connectivity index (χ1) is 6.56. The molecule has 0 aliphatic carbocycles. The van der Waals surface area contributed by atoms with E-state index in [9.17, 15) is 9.18 Å². The first-order valence-electron chi connectivity index (χ1n) is 4.02. The molecule has 3 nitrogen and oxygen atoms in total. The average Bonchev–Trinajstić information content (AvgIpc) is 2.17. The number of rotatable bonds is 2. The zero-order valence-corrected chi connectivity index (χ0v) is 7.62. The Kier molecular flexibility index (Phi) is 2.95. The fourth-order valence-electron chi connectivity index (χ4n) is 1.07. The molecule has 0 fully saturated rings. The van der Waals surface area contributed by atoms with Gasteiger partial charge in [0.05, 0.1) is 17.7 Å². The van der Waals surface area contributed by atoms with Crippen LogP contribution >= 0.6 is 0 Å². The number of hydrogen-bond acceptors (Lipinski definition) is 3. The Bertz CT molecular complexity index is 409. The first kappa shape index (κ1) is 10.4. The van der Waals surface area contributed by atoms with Gasteiger partial charge in [-0.3, -0.25) is 4.79 Å². The van der Waals surface area contributed by atoms with Gasteiger partial charge in [-0.25, -0.2) is 4.39 Å². The fourth-order valence-corrected chi connectivity index (χ4v) is 1.07. The molecule has 4 heteroatoms. The summed E-state index contributed by atoms with van der Waals surface area (Å²) in [6, 6.07) is 4.63. The molecule has 1 unspecified atom stereocenters. The summed E-state index contributed by atoms with van der Waals surface area (Å²) in [6.07, 6.45) is 0. The minimum absolute atomic E-state index is 0.0663. The van der Waals surface area contributed by atoms with Gasteiger partial charge in [-0.05, 0) is 25.1 Å². The molecule has 0 bridgehead atoms. The van der Waals surface area contributed by atoms with Crippen molar-refractivity contribution in [1.29, 1.82) is 5.26 Å². The minimum atomic E-state index is -0.997. The summed E-state index contributed by atoms with van der Waals surface area (Å²) in [5.74, 6) is -0.898. The summed E-state index contributed by atoms with van der Waals surface area (Å²) in [7, 11) is 0. The molecule has 1 aromatic carbocycles. The maximum atomic E-state index is 13.2. The number of nitrogens with zero attached hydrogens (tertiary/aromatic N) is 1. The highest BCUT2D eigenvalue weighted by atomic mass is 19.1. The summed E-state index contributed by atoms with van der Waals surface area (Å²) < 4.78 is 13.2. The molecule has 0 amide bonds. The lowest BCUT2D eigenvalue weighted by atomic mass is 10.0. The van der Waals surface area contributed by atoms with Crippen LogP contribution in [0.2, 0.25) is 0 Å². The van der Waals surface area contributed by atoms with Crippen molar-refractivity contribution in [2.75, 3.05) is 0 Å². The number of ketones is 1. The van der Waals surface area contributed by atoms with E-state index in [1.54, 1.807) is 0 Å². The Balaban J connectivity index is 3.20. The van der Waals surface area contributed by atoms with Gasteiger partial charge in [-0.2, -0.15) is 5.26 Å². The largest absolute Gasteiger partial charge is 0.318 e. The average molecular weight is 192 g/mol. The standard InChI is InChI=1S/C10H9FN2O/c1-6(14)10(13)8-4-7(5-12)2-3-9(8)11/h2-4,10H,13H2,1H3. The summed E-state index contributed by atoms with van der Waals surface area (Å²) in [6.45, 7) is 1.28. The van der Waals surface area contributed by atoms with E-state index < -0.39 is 11.9 Å². The number of benzene rings is 1. The molecule has 0 aromatic heterocycles. The Morgan fingerprint density at radius 3 is 2.79 bits per heavy atom. The predicted octanol–water partition coefficient (Wildman–Crippen LogP) is 1.29. The molecule has 14 heavy (non-hydrogen) atoms. The highest BCUT2D eigenvalue weighted by Gasteiger charge is 2.15. The lowest BCUT2D eigenvalue weighted by Crippen LogP contribution is -2.20. The molecular formula is C10H9FN2O. The first-order valence-corrected chi connectivity index (χ1v) is 4.02. The van der Waals surface area contributed by atoms with Crippen molar-refractivity contribution in [1.82, 2.24) is 0 Å². The highest BCUT2D eigenvalue weighted by molar-refractivity contribution is 5.82. The predicted molar refractivity (Wildman–Crippen MR) is 48.7 cm³/mol. The van der Waals surface area contributed by atoms with Crippen LogP contribution in [0.3, 0.4) is 0 Å². The molecule has 0 aliphatic rings. The lowest BCUT2D eigenvalue weighted by molar-refractivity contribution is -0.118. The van der Waals surface area contributed by atoms with Gasteiger partial charge in [0.25, 0.3) is 0 Å². The van der Waals surface area contributed by atoms with Crippen LogP contribution in [0.4, 0.5) is 4.39 Å². The molecule has 1 aromatic rings. The number of Topliss-reactive ketones (excluding diaryl/α,β-unsaturated/α-hetero) is 1. The van der Waals surface area contributed by atoms with Crippen LogP contribution in [0.1, 0.15) is 24.1 Å². The molecule has 1 atom stereocenters. The number of carbonyl (C=O) groups excluding carboxylic acids is 1. The molecule has 72 valence electrons. The van der Waals surface area contributed by atoms with Crippen LogP contribution in [0.25, 0.3) is 0 Å². The number of hydrogen-bond donors (Lipinski definition) is 1. The fraction of sp³-hybridized carbons (Fsp3) is 0.200. The molecule has 0 heterocycles. The van der Waals surface area contributed by atoms with Gasteiger partial charge in [0, 0.05) is 5.56 Å². The van der Waals surface area contributed by atoms with Gasteiger partial charge in [0.15, 0.2) is 5.78 Å². The van der Waals surface area contributed by atoms with Crippen LogP contribution in [0.15, 0.2) is 18.2 Å². The van der Waals surface area contributed by atoms with Crippen molar-refractivity contribution >= 4 is 5.78 Å². The second-order valence-electron chi connectivity index (χ2n) is 2.94. The van der Waals surface area contributed by atoms with E-state index in [1.165, 1.54) is 19.1 Å². The topological polar surface area (TPSA) is 66.9 Å². The molecule has 0 saturated heterocycles. The Labute approximate surface area is 81.0 Å². The second-order valence-corrected chi connectivity index (χ2v) is 2.94. The van der Waals surface area contributed by atoms with Crippen LogP contribution in [-0.4, -0.2) is 5.78 Å². The molecule has 1 rings (SSSR count). The molecule has 0 saturated carbocycles. The quantitative estimate of drug-likeness (QED) is 0.767. The smallest absolute Gasteiger partial charge is 0.151 e. The zero-order chi connectivity index (χ0) is 10.7. The van der Waals surface area contributed by atoms with Crippen molar-refractivity contribution in [3.05, 3.63) is 35.1 Å². The van der Waals surface area contributed by atoms with E-state index in [2.05, 4.69) is 0 Å². The van der Waals surface area contributed by atoms with Crippen molar-refractivity contribution in [3.63, 3.8) is 0 Å². The van der Waals surface area contributed by atoms with Crippen LogP contribution < -0.4 is 5.73 Å². The Hall–Kier alpha value is -1.73. The minimum Gasteiger partial charge on any atom is -0.318 e. The third-order valence-electron chi connectivity index (χ3n) is 1.90. The van der Waals surface area contributed by atoms with Crippen molar-refractivity contribution in [2.45, 2.75) is 13.0 Å². The summed E-state index contributed by atoms with van der Waals surface area (Å²) in [5, 5.41) is 8.58. The third kappa shape index (κ3) is 1.95. The van der Waals surface area contributed by atoms with Gasteiger partial charge in [0.1, 0.15) is 5.82 Å². The highest BCUT2D eigenvalue weighted by Crippen LogP contribution is 2.17. The van der Waals surface area contributed by atoms with Gasteiger partial charge >= 0.3 is 0 Å². The maximum Gasteiger partial charge on any atom is 0.151 e. The molecule has 0 radical (unpaired) electrons. The van der Waals surface area contributed by atoms with Crippen molar-refractivity contribution < 1.29 is 9.18 Å². The lowest BCUT2D eigenvalue weighted by Gasteiger charge is -2.09. The molecule has 2 N–H and O–H groups in total. The van der Waals surface area contributed by atoms with Crippen LogP contribution in [-0.2, 0) is 4.79 Å². The normalized spacial score (nSPS) is 11.9. The van der Waals surface area contributed by atoms with E-state index in [1.807, 2.05) is 6.07 Å². The molecular weight excluding hydrogens is 183 g/mol. The monoisotopic (exact) mass is 192 g/mol. The van der Waals surface area contributed by atoms with Crippen LogP contribution in [0.5, 0.6) is 0 Å². The third-order valence-corrected chi connectivity index (χ3v) is 1.90. The van der Waals surface area contributed by atoms with E-state index in [4.69, 9.17) is 11.0 Å². The van der Waals surface area contributed by atoms with Crippen molar-refractivity contribution in [3.8, 4) is 6.07 Å². The van der Waals surface area contributed by atoms with Gasteiger partial charge in [0.2, 0.25) is 0 Å². The van der Waals surface area contributed by atoms with Gasteiger partial charge in [-0.1, -0.05) is 0 Å². The SMILES string of the molecule is CC(=O)C(N)c1cc(C#N)ccc1F. The Morgan fingerprint density at radius 1 is 1.64 bits per heavy atom. The number of carbonyl (C=O) groups is 1. The second kappa shape index (κ2) is 3.99. The van der Waals surface area contributed by atoms with E-state index in [0.717, 1.165) is 6.07 Å². The van der Waals surface area contributed by atoms with Gasteiger partial charge in [-0.15, -0.1) is 0 Å². The van der Waals surface area contributed by atoms with E-state index in [-0.39, 0.29) is 16.9 Å². The summed E-state index contributed by atoms with van der Waals surface area (Å²) >= 11 is 0. The zero-order valence-electron chi connectivity index (χ0n) is 7.62. The number of nitrogens with two attached hydrogens (primary N) is 1.